The highest BCUT2D eigenvalue weighted by atomic mass is 16.2. The lowest BCUT2D eigenvalue weighted by molar-refractivity contribution is -0.123. The van der Waals surface area contributed by atoms with Gasteiger partial charge < -0.3 is 10.2 Å². The van der Waals surface area contributed by atoms with E-state index < -0.39 is 5.54 Å². The van der Waals surface area contributed by atoms with Crippen molar-refractivity contribution in [3.05, 3.63) is 29.3 Å². The van der Waals surface area contributed by atoms with Crippen LogP contribution in [-0.2, 0) is 4.79 Å². The van der Waals surface area contributed by atoms with Crippen molar-refractivity contribution in [1.82, 2.24) is 10.2 Å². The van der Waals surface area contributed by atoms with Gasteiger partial charge in [0.05, 0.1) is 12.6 Å². The largest absolute Gasteiger partial charge is 0.369 e. The molecule has 2 aliphatic rings. The second-order valence-corrected chi connectivity index (χ2v) is 7.62. The molecule has 0 unspecified atom stereocenters. The fraction of sp³-hybridized carbons (Fsp3) is 0.600. The van der Waals surface area contributed by atoms with Gasteiger partial charge in [-0.2, -0.15) is 5.26 Å². The molecule has 2 fully saturated rings. The summed E-state index contributed by atoms with van der Waals surface area (Å²) in [5.41, 5.74) is 3.25. The molecule has 5 nitrogen and oxygen atoms in total. The van der Waals surface area contributed by atoms with Crippen molar-refractivity contribution in [1.29, 1.82) is 5.26 Å². The number of benzene rings is 1. The normalized spacial score (nSPS) is 20.6. The number of rotatable bonds is 5. The summed E-state index contributed by atoms with van der Waals surface area (Å²) >= 11 is 0. The molecule has 1 aromatic carbocycles. The number of carbonyl (C=O) groups is 1. The molecular weight excluding hydrogens is 312 g/mol. The van der Waals surface area contributed by atoms with Gasteiger partial charge in [0, 0.05) is 31.9 Å². The minimum absolute atomic E-state index is 0.0314. The maximum atomic E-state index is 12.4. The summed E-state index contributed by atoms with van der Waals surface area (Å²) in [5, 5.41) is 12.3. The maximum absolute atomic E-state index is 12.4. The highest BCUT2D eigenvalue weighted by Gasteiger charge is 2.43. The summed E-state index contributed by atoms with van der Waals surface area (Å²) < 4.78 is 0. The summed E-state index contributed by atoms with van der Waals surface area (Å²) in [6.07, 6.45) is 2.08. The summed E-state index contributed by atoms with van der Waals surface area (Å²) in [5.74, 6) is 0.290. The summed E-state index contributed by atoms with van der Waals surface area (Å²) in [4.78, 5) is 16.9. The summed E-state index contributed by atoms with van der Waals surface area (Å²) in [7, 11) is 0. The number of nitriles is 1. The summed E-state index contributed by atoms with van der Waals surface area (Å²) in [6.45, 7) is 10.1. The van der Waals surface area contributed by atoms with Crippen LogP contribution >= 0.6 is 0 Å². The molecule has 1 saturated heterocycles. The smallest absolute Gasteiger partial charge is 0.235 e. The molecule has 1 aromatic rings. The average Bonchev–Trinajstić information content (AvgIpc) is 3.43. The number of aryl methyl sites for hydroxylation is 1. The highest BCUT2D eigenvalue weighted by molar-refractivity contribution is 5.79. The second kappa shape index (κ2) is 7.05. The fourth-order valence-corrected chi connectivity index (χ4v) is 3.64. The Kier molecular flexibility index (Phi) is 5.01. The molecule has 0 spiro atoms. The molecule has 134 valence electrons. The Balaban J connectivity index is 1.52. The van der Waals surface area contributed by atoms with Crippen molar-refractivity contribution < 1.29 is 4.79 Å². The number of carbonyl (C=O) groups excluding carboxylic acids is 1. The van der Waals surface area contributed by atoms with E-state index in [4.69, 9.17) is 0 Å². The first kappa shape index (κ1) is 17.8. The number of nitrogens with one attached hydrogen (secondary N) is 1. The van der Waals surface area contributed by atoms with Gasteiger partial charge in [-0.25, -0.2) is 0 Å². The lowest BCUT2D eigenvalue weighted by Crippen LogP contribution is -2.53. The van der Waals surface area contributed by atoms with Gasteiger partial charge in [0.15, 0.2) is 0 Å². The average molecular weight is 340 g/mol. The molecule has 1 amide bonds. The third-order valence-electron chi connectivity index (χ3n) is 5.68. The number of piperazine rings is 1. The van der Waals surface area contributed by atoms with E-state index in [2.05, 4.69) is 53.2 Å². The van der Waals surface area contributed by atoms with Crippen LogP contribution in [0.3, 0.4) is 0 Å². The predicted molar refractivity (Wildman–Crippen MR) is 99.5 cm³/mol. The Morgan fingerprint density at radius 2 is 1.96 bits per heavy atom. The first-order valence-corrected chi connectivity index (χ1v) is 9.19. The van der Waals surface area contributed by atoms with Crippen LogP contribution in [0.4, 0.5) is 5.69 Å². The third-order valence-corrected chi connectivity index (χ3v) is 5.68. The number of anilines is 1. The molecule has 0 radical (unpaired) electrons. The van der Waals surface area contributed by atoms with Crippen molar-refractivity contribution in [2.24, 2.45) is 5.92 Å². The van der Waals surface area contributed by atoms with E-state index in [1.54, 1.807) is 0 Å². The summed E-state index contributed by atoms with van der Waals surface area (Å²) in [6, 6.07) is 8.72. The zero-order chi connectivity index (χ0) is 18.0. The van der Waals surface area contributed by atoms with Crippen molar-refractivity contribution in [2.75, 3.05) is 37.6 Å². The lowest BCUT2D eigenvalue weighted by Gasteiger charge is -2.37. The fourth-order valence-electron chi connectivity index (χ4n) is 3.64. The molecule has 1 saturated carbocycles. The van der Waals surface area contributed by atoms with Gasteiger partial charge in [0.25, 0.3) is 0 Å². The van der Waals surface area contributed by atoms with Gasteiger partial charge in [-0.1, -0.05) is 12.1 Å². The maximum Gasteiger partial charge on any atom is 0.235 e. The molecule has 3 rings (SSSR count). The van der Waals surface area contributed by atoms with E-state index in [-0.39, 0.29) is 5.91 Å². The van der Waals surface area contributed by atoms with Gasteiger partial charge >= 0.3 is 0 Å². The van der Waals surface area contributed by atoms with Crippen molar-refractivity contribution in [2.45, 2.75) is 39.2 Å². The number of nitrogens with zero attached hydrogens (tertiary/aromatic N) is 3. The number of amides is 1. The molecule has 0 aromatic heterocycles. The van der Waals surface area contributed by atoms with Gasteiger partial charge in [-0.3, -0.25) is 9.69 Å². The van der Waals surface area contributed by atoms with Crippen LogP contribution in [0.5, 0.6) is 0 Å². The quantitative estimate of drug-likeness (QED) is 0.893. The molecule has 1 N–H and O–H groups in total. The zero-order valence-electron chi connectivity index (χ0n) is 15.5. The highest BCUT2D eigenvalue weighted by Crippen LogP contribution is 2.39. The Morgan fingerprint density at radius 3 is 2.56 bits per heavy atom. The molecule has 5 heteroatoms. The molecule has 1 atom stereocenters. The van der Waals surface area contributed by atoms with Crippen LogP contribution in [0.25, 0.3) is 0 Å². The SMILES string of the molecule is Cc1cccc(N2CCN(CC(=O)N[C@](C)(C#N)C3CC3)CC2)c1C. The van der Waals surface area contributed by atoms with Crippen molar-refractivity contribution in [3.63, 3.8) is 0 Å². The van der Waals surface area contributed by atoms with E-state index in [9.17, 15) is 10.1 Å². The van der Waals surface area contributed by atoms with Gasteiger partial charge in [0.2, 0.25) is 5.91 Å². The third kappa shape index (κ3) is 3.96. The minimum Gasteiger partial charge on any atom is -0.369 e. The topological polar surface area (TPSA) is 59.4 Å². The Hall–Kier alpha value is -2.06. The second-order valence-electron chi connectivity index (χ2n) is 7.62. The van der Waals surface area contributed by atoms with Gasteiger partial charge in [-0.05, 0) is 56.7 Å². The van der Waals surface area contributed by atoms with E-state index in [1.807, 2.05) is 6.92 Å². The molecular formula is C20H28N4O. The van der Waals surface area contributed by atoms with E-state index in [0.717, 1.165) is 39.0 Å². The minimum atomic E-state index is -0.697. The van der Waals surface area contributed by atoms with Crippen LogP contribution in [0, 0.1) is 31.1 Å². The molecule has 0 bridgehead atoms. The predicted octanol–water partition coefficient (Wildman–Crippen LogP) is 2.23. The zero-order valence-corrected chi connectivity index (χ0v) is 15.5. The van der Waals surface area contributed by atoms with Crippen LogP contribution in [-0.4, -0.2) is 49.1 Å². The Morgan fingerprint density at radius 1 is 1.28 bits per heavy atom. The van der Waals surface area contributed by atoms with Crippen LogP contribution in [0.15, 0.2) is 18.2 Å². The Labute approximate surface area is 150 Å². The standard InChI is InChI=1S/C20H28N4O/c1-15-5-4-6-18(16(15)2)24-11-9-23(10-12-24)13-19(25)22-20(3,14-21)17-7-8-17/h4-6,17H,7-13H2,1-3H3,(H,22,25)/t20-/m1/s1. The number of hydrogen-bond donors (Lipinski definition) is 1. The first-order valence-electron chi connectivity index (χ1n) is 9.19. The molecule has 25 heavy (non-hydrogen) atoms. The van der Waals surface area contributed by atoms with E-state index in [1.165, 1.54) is 16.8 Å². The Bertz CT molecular complexity index is 683. The molecule has 1 aliphatic carbocycles. The number of hydrogen-bond acceptors (Lipinski definition) is 4. The lowest BCUT2D eigenvalue weighted by atomic mass is 9.98. The van der Waals surface area contributed by atoms with E-state index in [0.29, 0.717) is 12.5 Å². The van der Waals surface area contributed by atoms with Crippen molar-refractivity contribution in [3.8, 4) is 6.07 Å². The van der Waals surface area contributed by atoms with Crippen LogP contribution in [0.1, 0.15) is 30.9 Å². The molecule has 1 heterocycles. The van der Waals surface area contributed by atoms with Crippen molar-refractivity contribution >= 4 is 11.6 Å². The van der Waals surface area contributed by atoms with Crippen LogP contribution < -0.4 is 10.2 Å². The van der Waals surface area contributed by atoms with Gasteiger partial charge in [0.1, 0.15) is 5.54 Å². The van der Waals surface area contributed by atoms with E-state index >= 15 is 0 Å². The monoisotopic (exact) mass is 340 g/mol. The first-order chi connectivity index (χ1) is 11.9. The van der Waals surface area contributed by atoms with Crippen LogP contribution in [0.2, 0.25) is 0 Å². The van der Waals surface area contributed by atoms with Gasteiger partial charge in [-0.15, -0.1) is 0 Å². The molecule has 1 aliphatic heterocycles.